The number of likely N-dealkylation sites (N-methyl/N-ethyl adjacent to an activating group) is 1. The van der Waals surface area contributed by atoms with Gasteiger partial charge in [0.25, 0.3) is 5.91 Å². The minimum Gasteiger partial charge on any atom is -0.484 e. The smallest absolute Gasteiger partial charge is 0.260 e. The first-order valence-corrected chi connectivity index (χ1v) is 9.32. The summed E-state index contributed by atoms with van der Waals surface area (Å²) >= 11 is 0. The van der Waals surface area contributed by atoms with Gasteiger partial charge in [-0.05, 0) is 24.7 Å². The van der Waals surface area contributed by atoms with Crippen molar-refractivity contribution in [2.45, 2.75) is 0 Å². The number of hydrogen-bond acceptors (Lipinski definition) is 5. The highest BCUT2D eigenvalue weighted by Crippen LogP contribution is 2.23. The average Bonchev–Trinajstić information content (AvgIpc) is 2.73. The van der Waals surface area contributed by atoms with Gasteiger partial charge in [0, 0.05) is 32.2 Å². The zero-order chi connectivity index (χ0) is 19.5. The van der Waals surface area contributed by atoms with E-state index in [2.05, 4.69) is 4.90 Å². The number of hydrogen-bond donors (Lipinski definition) is 0. The minimum atomic E-state index is -0.0903. The molecule has 3 aromatic rings. The molecule has 4 rings (SSSR count). The molecule has 2 aromatic carbocycles. The van der Waals surface area contributed by atoms with Crippen LogP contribution in [0.4, 0.5) is 0 Å². The maximum atomic E-state index is 12.8. The molecule has 1 amide bonds. The van der Waals surface area contributed by atoms with Gasteiger partial charge in [0.2, 0.25) is 0 Å². The Labute approximate surface area is 162 Å². The number of fused-ring (bicyclic) bond motifs is 1. The predicted octanol–water partition coefficient (Wildman–Crippen LogP) is 2.61. The Bertz CT molecular complexity index is 1040. The van der Waals surface area contributed by atoms with Gasteiger partial charge in [0.05, 0.1) is 10.9 Å². The van der Waals surface area contributed by atoms with Crippen molar-refractivity contribution in [1.82, 2.24) is 9.80 Å². The third-order valence-electron chi connectivity index (χ3n) is 5.05. The standard InChI is InChI=1S/C22H22N2O4/c1-23-9-11-24(12-10-23)21(25)15-27-17-7-8-18-20(13-17)28-14-19(22(18)26)16-5-3-2-4-6-16/h2-8,13-14H,9-12,15H2,1H3. The first-order chi connectivity index (χ1) is 13.6. The molecule has 28 heavy (non-hydrogen) atoms. The van der Waals surface area contributed by atoms with Crippen LogP contribution >= 0.6 is 0 Å². The van der Waals surface area contributed by atoms with E-state index in [1.807, 2.05) is 42.3 Å². The minimum absolute atomic E-state index is 0.0262. The van der Waals surface area contributed by atoms with E-state index in [1.54, 1.807) is 18.2 Å². The van der Waals surface area contributed by atoms with Gasteiger partial charge >= 0.3 is 0 Å². The average molecular weight is 378 g/mol. The lowest BCUT2D eigenvalue weighted by molar-refractivity contribution is -0.134. The van der Waals surface area contributed by atoms with E-state index in [4.69, 9.17) is 9.15 Å². The van der Waals surface area contributed by atoms with Crippen LogP contribution < -0.4 is 10.2 Å². The van der Waals surface area contributed by atoms with Crippen LogP contribution in [-0.4, -0.2) is 55.5 Å². The van der Waals surface area contributed by atoms with Gasteiger partial charge in [-0.25, -0.2) is 0 Å². The van der Waals surface area contributed by atoms with Crippen LogP contribution in [0.2, 0.25) is 0 Å². The molecule has 1 aromatic heterocycles. The Morgan fingerprint density at radius 2 is 1.82 bits per heavy atom. The molecule has 0 atom stereocenters. The Balaban J connectivity index is 1.49. The first-order valence-electron chi connectivity index (χ1n) is 9.32. The predicted molar refractivity (Wildman–Crippen MR) is 107 cm³/mol. The van der Waals surface area contributed by atoms with Crippen molar-refractivity contribution in [1.29, 1.82) is 0 Å². The maximum absolute atomic E-state index is 12.8. The third-order valence-corrected chi connectivity index (χ3v) is 5.05. The van der Waals surface area contributed by atoms with Gasteiger partial charge in [-0.1, -0.05) is 30.3 Å². The van der Waals surface area contributed by atoms with Crippen molar-refractivity contribution >= 4 is 16.9 Å². The summed E-state index contributed by atoms with van der Waals surface area (Å²) in [5, 5.41) is 0.485. The number of nitrogens with zero attached hydrogens (tertiary/aromatic N) is 2. The van der Waals surface area contributed by atoms with E-state index in [1.165, 1.54) is 6.26 Å². The molecule has 0 aliphatic carbocycles. The Morgan fingerprint density at radius 1 is 1.07 bits per heavy atom. The molecule has 1 saturated heterocycles. The first kappa shape index (κ1) is 18.3. The second-order valence-corrected chi connectivity index (χ2v) is 6.98. The van der Waals surface area contributed by atoms with Gasteiger partial charge in [-0.2, -0.15) is 0 Å². The molecule has 0 unspecified atom stereocenters. The van der Waals surface area contributed by atoms with Crippen LogP contribution in [-0.2, 0) is 4.79 Å². The summed E-state index contributed by atoms with van der Waals surface area (Å²) in [4.78, 5) is 29.1. The second-order valence-electron chi connectivity index (χ2n) is 6.98. The largest absolute Gasteiger partial charge is 0.484 e. The highest BCUT2D eigenvalue weighted by atomic mass is 16.5. The number of carbonyl (C=O) groups is 1. The van der Waals surface area contributed by atoms with Crippen molar-refractivity contribution in [2.75, 3.05) is 39.8 Å². The van der Waals surface area contributed by atoms with Crippen LogP contribution in [0.25, 0.3) is 22.1 Å². The molecule has 1 fully saturated rings. The second kappa shape index (κ2) is 7.86. The van der Waals surface area contributed by atoms with E-state index >= 15 is 0 Å². The number of ether oxygens (including phenoxy) is 1. The zero-order valence-corrected chi connectivity index (χ0v) is 15.8. The zero-order valence-electron chi connectivity index (χ0n) is 15.8. The molecular formula is C22H22N2O4. The number of carbonyl (C=O) groups excluding carboxylic acids is 1. The van der Waals surface area contributed by atoms with Crippen LogP contribution in [0.1, 0.15) is 0 Å². The molecule has 0 N–H and O–H groups in total. The Hall–Kier alpha value is -3.12. The number of piperazine rings is 1. The fourth-order valence-corrected chi connectivity index (χ4v) is 3.31. The van der Waals surface area contributed by atoms with E-state index in [0.717, 1.165) is 18.7 Å². The summed E-state index contributed by atoms with van der Waals surface area (Å²) in [5.74, 6) is 0.472. The lowest BCUT2D eigenvalue weighted by Crippen LogP contribution is -2.48. The van der Waals surface area contributed by atoms with Crippen LogP contribution in [0.15, 0.2) is 64.0 Å². The van der Waals surface area contributed by atoms with Crippen molar-refractivity contribution in [3.63, 3.8) is 0 Å². The fraction of sp³-hybridized carbons (Fsp3) is 0.273. The molecule has 0 bridgehead atoms. The molecule has 2 heterocycles. The lowest BCUT2D eigenvalue weighted by Gasteiger charge is -2.32. The summed E-state index contributed by atoms with van der Waals surface area (Å²) in [6.07, 6.45) is 1.47. The van der Waals surface area contributed by atoms with Crippen molar-refractivity contribution < 1.29 is 13.9 Å². The summed E-state index contributed by atoms with van der Waals surface area (Å²) in [5.41, 5.74) is 1.69. The molecule has 0 saturated carbocycles. The molecule has 1 aliphatic rings. The Morgan fingerprint density at radius 3 is 2.57 bits per heavy atom. The maximum Gasteiger partial charge on any atom is 0.260 e. The van der Waals surface area contributed by atoms with Gasteiger partial charge in [0.15, 0.2) is 12.0 Å². The van der Waals surface area contributed by atoms with Crippen molar-refractivity contribution in [3.8, 4) is 16.9 Å². The Kier molecular flexibility index (Phi) is 5.12. The molecular weight excluding hydrogens is 356 g/mol. The molecule has 6 nitrogen and oxygen atoms in total. The normalized spacial score (nSPS) is 15.0. The molecule has 0 radical (unpaired) electrons. The lowest BCUT2D eigenvalue weighted by atomic mass is 10.1. The van der Waals surface area contributed by atoms with Crippen LogP contribution in [0.5, 0.6) is 5.75 Å². The molecule has 1 aliphatic heterocycles. The highest BCUT2D eigenvalue weighted by Gasteiger charge is 2.19. The number of benzene rings is 2. The molecule has 6 heteroatoms. The van der Waals surface area contributed by atoms with Gasteiger partial charge in [-0.15, -0.1) is 0 Å². The van der Waals surface area contributed by atoms with E-state index < -0.39 is 0 Å². The quantitative estimate of drug-likeness (QED) is 0.698. The summed E-state index contributed by atoms with van der Waals surface area (Å²) in [6, 6.07) is 14.5. The topological polar surface area (TPSA) is 63.0 Å². The SMILES string of the molecule is CN1CCN(C(=O)COc2ccc3c(=O)c(-c4ccccc4)coc3c2)CC1. The van der Waals surface area contributed by atoms with Gasteiger partial charge < -0.3 is 19.0 Å². The molecule has 0 spiro atoms. The van der Waals surface area contributed by atoms with Gasteiger partial charge in [-0.3, -0.25) is 9.59 Å². The van der Waals surface area contributed by atoms with E-state index in [9.17, 15) is 9.59 Å². The van der Waals surface area contributed by atoms with E-state index in [0.29, 0.717) is 35.4 Å². The summed E-state index contributed by atoms with van der Waals surface area (Å²) < 4.78 is 11.3. The molecule has 144 valence electrons. The third kappa shape index (κ3) is 3.77. The highest BCUT2D eigenvalue weighted by molar-refractivity contribution is 5.83. The monoisotopic (exact) mass is 378 g/mol. The van der Waals surface area contributed by atoms with Crippen molar-refractivity contribution in [2.24, 2.45) is 0 Å². The summed E-state index contributed by atoms with van der Waals surface area (Å²) in [7, 11) is 2.05. The van der Waals surface area contributed by atoms with Gasteiger partial charge in [0.1, 0.15) is 17.6 Å². The van der Waals surface area contributed by atoms with Crippen LogP contribution in [0, 0.1) is 0 Å². The number of rotatable bonds is 4. The fourth-order valence-electron chi connectivity index (χ4n) is 3.31. The summed E-state index contributed by atoms with van der Waals surface area (Å²) in [6.45, 7) is 3.15. The van der Waals surface area contributed by atoms with Crippen molar-refractivity contribution in [3.05, 3.63) is 65.0 Å². The van der Waals surface area contributed by atoms with Crippen LogP contribution in [0.3, 0.4) is 0 Å². The van der Waals surface area contributed by atoms with E-state index in [-0.39, 0.29) is 17.9 Å². The number of amides is 1.